The lowest BCUT2D eigenvalue weighted by Crippen LogP contribution is -2.41. The normalized spacial score (nSPS) is 10.2. The van der Waals surface area contributed by atoms with Gasteiger partial charge in [0.15, 0.2) is 0 Å². The van der Waals surface area contributed by atoms with Crippen molar-refractivity contribution in [1.29, 1.82) is 0 Å². The molecule has 0 fully saturated rings. The van der Waals surface area contributed by atoms with Crippen LogP contribution in [0, 0.1) is 6.92 Å². The van der Waals surface area contributed by atoms with Crippen LogP contribution < -0.4 is 16.2 Å². The lowest BCUT2D eigenvalue weighted by atomic mass is 10.2. The highest BCUT2D eigenvalue weighted by atomic mass is 35.5. The van der Waals surface area contributed by atoms with Gasteiger partial charge in [0.1, 0.15) is 0 Å². The maximum absolute atomic E-state index is 12.0. The number of amides is 3. The van der Waals surface area contributed by atoms with Crippen molar-refractivity contribution < 1.29 is 23.9 Å². The third-order valence-electron chi connectivity index (χ3n) is 4.52. The highest BCUT2D eigenvalue weighted by molar-refractivity contribution is 6.31. The van der Waals surface area contributed by atoms with Gasteiger partial charge in [-0.1, -0.05) is 48.0 Å². The Morgan fingerprint density at radius 3 is 2.12 bits per heavy atom. The predicted molar refractivity (Wildman–Crippen MR) is 121 cm³/mol. The number of ether oxygens (including phenoxy) is 1. The molecule has 0 aliphatic rings. The first-order valence-corrected chi connectivity index (χ1v) is 10.5. The topological polar surface area (TPSA) is 114 Å². The molecule has 32 heavy (non-hydrogen) atoms. The van der Waals surface area contributed by atoms with Gasteiger partial charge < -0.3 is 10.1 Å². The molecule has 3 amide bonds. The van der Waals surface area contributed by atoms with Gasteiger partial charge in [-0.25, -0.2) is 0 Å². The van der Waals surface area contributed by atoms with Gasteiger partial charge in [-0.2, -0.15) is 0 Å². The number of nitrogens with one attached hydrogen (secondary N) is 3. The summed E-state index contributed by atoms with van der Waals surface area (Å²) < 4.78 is 5.09. The first-order valence-electron chi connectivity index (χ1n) is 10.2. The standard InChI is InChI=1S/C23H26ClN3O5/c1-16-18(24)8-5-9-19(16)25-20(28)10-11-21(29)26-27-22(30)12-13-23(31)32-15-14-17-6-3-2-4-7-17/h2-9H,10-15H2,1H3,(H,25,28)(H,26,29)(H,27,30). The van der Waals surface area contributed by atoms with E-state index in [1.165, 1.54) is 0 Å². The van der Waals surface area contributed by atoms with Crippen molar-refractivity contribution in [2.45, 2.75) is 39.0 Å². The maximum Gasteiger partial charge on any atom is 0.306 e. The van der Waals surface area contributed by atoms with Gasteiger partial charge in [0.2, 0.25) is 17.7 Å². The minimum atomic E-state index is -0.530. The summed E-state index contributed by atoms with van der Waals surface area (Å²) in [7, 11) is 0. The Kier molecular flexibility index (Phi) is 10.2. The molecule has 2 aromatic rings. The fourth-order valence-corrected chi connectivity index (χ4v) is 2.84. The zero-order valence-electron chi connectivity index (χ0n) is 17.8. The van der Waals surface area contributed by atoms with E-state index in [2.05, 4.69) is 16.2 Å². The number of carbonyl (C=O) groups excluding carboxylic acids is 4. The summed E-state index contributed by atoms with van der Waals surface area (Å²) in [6.45, 7) is 2.01. The number of anilines is 1. The smallest absolute Gasteiger partial charge is 0.306 e. The molecule has 0 aliphatic heterocycles. The lowest BCUT2D eigenvalue weighted by molar-refractivity contribution is -0.145. The molecule has 0 saturated carbocycles. The van der Waals surface area contributed by atoms with Crippen LogP contribution in [0.5, 0.6) is 0 Å². The van der Waals surface area contributed by atoms with E-state index in [4.69, 9.17) is 16.3 Å². The third-order valence-corrected chi connectivity index (χ3v) is 4.92. The van der Waals surface area contributed by atoms with E-state index in [-0.39, 0.29) is 38.2 Å². The summed E-state index contributed by atoms with van der Waals surface area (Å²) in [6.07, 6.45) is 0.185. The van der Waals surface area contributed by atoms with E-state index in [9.17, 15) is 19.2 Å². The molecule has 3 N–H and O–H groups in total. The molecule has 0 unspecified atom stereocenters. The molecule has 2 aromatic carbocycles. The lowest BCUT2D eigenvalue weighted by Gasteiger charge is -2.10. The van der Waals surface area contributed by atoms with Crippen molar-refractivity contribution in [1.82, 2.24) is 10.9 Å². The summed E-state index contributed by atoms with van der Waals surface area (Å²) in [5.74, 6) is -1.90. The summed E-state index contributed by atoms with van der Waals surface area (Å²) in [5, 5.41) is 3.22. The van der Waals surface area contributed by atoms with Crippen molar-refractivity contribution in [3.8, 4) is 0 Å². The number of halogens is 1. The highest BCUT2D eigenvalue weighted by Gasteiger charge is 2.12. The second kappa shape index (κ2) is 13.1. The Balaban J connectivity index is 1.57. The van der Waals surface area contributed by atoms with Gasteiger partial charge in [-0.05, 0) is 30.2 Å². The molecular weight excluding hydrogens is 434 g/mol. The van der Waals surface area contributed by atoms with E-state index in [1.54, 1.807) is 25.1 Å². The summed E-state index contributed by atoms with van der Waals surface area (Å²) in [4.78, 5) is 47.3. The number of hydrazine groups is 1. The van der Waals surface area contributed by atoms with Crippen LogP contribution in [-0.4, -0.2) is 30.3 Å². The second-order valence-electron chi connectivity index (χ2n) is 7.01. The largest absolute Gasteiger partial charge is 0.465 e. The predicted octanol–water partition coefficient (Wildman–Crippen LogP) is 3.08. The Labute approximate surface area is 191 Å². The highest BCUT2D eigenvalue weighted by Crippen LogP contribution is 2.23. The Hall–Kier alpha value is -3.39. The number of benzene rings is 2. The molecule has 2 rings (SSSR count). The monoisotopic (exact) mass is 459 g/mol. The van der Waals surface area contributed by atoms with Crippen LogP contribution in [0.25, 0.3) is 0 Å². The summed E-state index contributed by atoms with van der Waals surface area (Å²) in [5.41, 5.74) is 6.80. The molecule has 0 saturated heterocycles. The minimum Gasteiger partial charge on any atom is -0.465 e. The average molecular weight is 460 g/mol. The molecule has 8 nitrogen and oxygen atoms in total. The van der Waals surface area contributed by atoms with E-state index in [0.717, 1.165) is 11.1 Å². The van der Waals surface area contributed by atoms with Gasteiger partial charge in [0, 0.05) is 36.4 Å². The van der Waals surface area contributed by atoms with Gasteiger partial charge in [-0.15, -0.1) is 0 Å². The zero-order valence-corrected chi connectivity index (χ0v) is 18.5. The summed E-state index contributed by atoms with van der Waals surface area (Å²) in [6, 6.07) is 14.7. The number of carbonyl (C=O) groups is 4. The van der Waals surface area contributed by atoms with E-state index in [0.29, 0.717) is 17.1 Å². The van der Waals surface area contributed by atoms with Crippen LogP contribution in [0.4, 0.5) is 5.69 Å². The van der Waals surface area contributed by atoms with Crippen molar-refractivity contribution in [3.63, 3.8) is 0 Å². The van der Waals surface area contributed by atoms with Crippen LogP contribution in [0.1, 0.15) is 36.8 Å². The second-order valence-corrected chi connectivity index (χ2v) is 7.42. The third kappa shape index (κ3) is 9.18. The number of hydrogen-bond acceptors (Lipinski definition) is 5. The minimum absolute atomic E-state index is 0.0681. The van der Waals surface area contributed by atoms with Crippen molar-refractivity contribution in [3.05, 3.63) is 64.7 Å². The molecule has 0 aliphatic carbocycles. The zero-order chi connectivity index (χ0) is 23.3. The van der Waals surface area contributed by atoms with Gasteiger partial charge in [-0.3, -0.25) is 30.0 Å². The first-order chi connectivity index (χ1) is 15.3. The van der Waals surface area contributed by atoms with Crippen LogP contribution in [0.3, 0.4) is 0 Å². The fraction of sp³-hybridized carbons (Fsp3) is 0.304. The maximum atomic E-state index is 12.0. The molecule has 0 radical (unpaired) electrons. The van der Waals surface area contributed by atoms with Crippen LogP contribution in [-0.2, 0) is 30.3 Å². The van der Waals surface area contributed by atoms with E-state index in [1.807, 2.05) is 30.3 Å². The summed E-state index contributed by atoms with van der Waals surface area (Å²) >= 11 is 6.01. The fourth-order valence-electron chi connectivity index (χ4n) is 2.66. The Bertz CT molecular complexity index is 950. The van der Waals surface area contributed by atoms with Gasteiger partial charge in [0.25, 0.3) is 0 Å². The molecule has 170 valence electrons. The SMILES string of the molecule is Cc1c(Cl)cccc1NC(=O)CCC(=O)NNC(=O)CCC(=O)OCCc1ccccc1. The number of hydrogen-bond donors (Lipinski definition) is 3. The van der Waals surface area contributed by atoms with Crippen molar-refractivity contribution in [2.24, 2.45) is 0 Å². The van der Waals surface area contributed by atoms with Gasteiger partial charge >= 0.3 is 5.97 Å². The van der Waals surface area contributed by atoms with Crippen LogP contribution >= 0.6 is 11.6 Å². The molecular formula is C23H26ClN3O5. The van der Waals surface area contributed by atoms with Crippen LogP contribution in [0.2, 0.25) is 5.02 Å². The molecule has 0 spiro atoms. The van der Waals surface area contributed by atoms with Crippen molar-refractivity contribution >= 4 is 41.0 Å². The molecule has 9 heteroatoms. The molecule has 0 atom stereocenters. The number of rotatable bonds is 10. The quantitative estimate of drug-likeness (QED) is 0.373. The number of esters is 1. The molecule has 0 aromatic heterocycles. The molecule has 0 bridgehead atoms. The average Bonchev–Trinajstić information content (AvgIpc) is 2.78. The van der Waals surface area contributed by atoms with Gasteiger partial charge in [0.05, 0.1) is 13.0 Å². The van der Waals surface area contributed by atoms with Crippen LogP contribution in [0.15, 0.2) is 48.5 Å². The van der Waals surface area contributed by atoms with E-state index < -0.39 is 17.8 Å². The first kappa shape index (κ1) is 24.9. The van der Waals surface area contributed by atoms with Crippen molar-refractivity contribution in [2.75, 3.05) is 11.9 Å². The van der Waals surface area contributed by atoms with E-state index >= 15 is 0 Å². The molecule has 0 heterocycles. The Morgan fingerprint density at radius 1 is 0.812 bits per heavy atom. The Morgan fingerprint density at radius 2 is 1.44 bits per heavy atom.